The van der Waals surface area contributed by atoms with E-state index in [2.05, 4.69) is 23.9 Å². The lowest BCUT2D eigenvalue weighted by molar-refractivity contribution is -0.143. The fourth-order valence-electron chi connectivity index (χ4n) is 0.101. The molecule has 1 atom stereocenters. The topological polar surface area (TPSA) is 83.8 Å². The van der Waals surface area contributed by atoms with Crippen LogP contribution in [0.15, 0.2) is 12.2 Å². The van der Waals surface area contributed by atoms with Gasteiger partial charge in [-0.25, -0.2) is 9.59 Å². The molecule has 5 nitrogen and oxygen atoms in total. The van der Waals surface area contributed by atoms with E-state index in [0.29, 0.717) is 0 Å². The van der Waals surface area contributed by atoms with Crippen LogP contribution < -0.4 is 0 Å². The van der Waals surface area contributed by atoms with Crippen molar-refractivity contribution in [3.8, 4) is 0 Å². The predicted molar refractivity (Wildman–Crippen MR) is 49.9 cm³/mol. The summed E-state index contributed by atoms with van der Waals surface area (Å²) in [5, 5.41) is 15.9. The third kappa shape index (κ3) is 11.0. The van der Waals surface area contributed by atoms with Gasteiger partial charge in [0, 0.05) is 12.7 Å². The van der Waals surface area contributed by atoms with Gasteiger partial charge in [0.15, 0.2) is 5.44 Å². The van der Waals surface area contributed by atoms with Crippen LogP contribution in [0.3, 0.4) is 0 Å². The average Bonchev–Trinajstić information content (AvgIpc) is 2.03. The first-order chi connectivity index (χ1) is 5.82. The van der Waals surface area contributed by atoms with Gasteiger partial charge in [0.2, 0.25) is 0 Å². The molecule has 0 aliphatic carbocycles. The molecule has 0 aliphatic heterocycles. The van der Waals surface area contributed by atoms with Crippen molar-refractivity contribution in [2.45, 2.75) is 12.4 Å². The van der Waals surface area contributed by atoms with Gasteiger partial charge >= 0.3 is 11.9 Å². The van der Waals surface area contributed by atoms with Crippen LogP contribution in [0.1, 0.15) is 6.92 Å². The number of carbonyl (C=O) groups is 2. The standard InChI is InChI=1S/C4H6O2.C3H6O3S/c1-3(2)4(5)6;1-6-3(7)2(4)5/h1H2,2H3,(H,5,6);3,7H,1H3,(H,4,5). The minimum Gasteiger partial charge on any atom is -0.479 e. The van der Waals surface area contributed by atoms with Crippen LogP contribution in [0.25, 0.3) is 0 Å². The first kappa shape index (κ1) is 14.5. The van der Waals surface area contributed by atoms with Crippen molar-refractivity contribution in [1.82, 2.24) is 0 Å². The van der Waals surface area contributed by atoms with E-state index in [0.717, 1.165) is 0 Å². The van der Waals surface area contributed by atoms with Crippen LogP contribution in [-0.4, -0.2) is 34.7 Å². The molecule has 1 unspecified atom stereocenters. The van der Waals surface area contributed by atoms with Gasteiger partial charge in [0.1, 0.15) is 0 Å². The Morgan fingerprint density at radius 3 is 1.77 bits per heavy atom. The lowest BCUT2D eigenvalue weighted by Gasteiger charge is -1.97. The molecule has 0 aromatic rings. The summed E-state index contributed by atoms with van der Waals surface area (Å²) in [6.45, 7) is 4.60. The number of ether oxygens (including phenoxy) is 1. The summed E-state index contributed by atoms with van der Waals surface area (Å²) >= 11 is 3.50. The molecule has 76 valence electrons. The monoisotopic (exact) mass is 208 g/mol. The molecule has 0 spiro atoms. The van der Waals surface area contributed by atoms with Gasteiger partial charge in [0.25, 0.3) is 0 Å². The molecule has 0 aromatic heterocycles. The van der Waals surface area contributed by atoms with E-state index >= 15 is 0 Å². The molecule has 13 heavy (non-hydrogen) atoms. The molecule has 0 aromatic carbocycles. The average molecular weight is 208 g/mol. The number of carboxylic acid groups (broad SMARTS) is 2. The van der Waals surface area contributed by atoms with Crippen molar-refractivity contribution in [1.29, 1.82) is 0 Å². The minimum atomic E-state index is -1.06. The van der Waals surface area contributed by atoms with Gasteiger partial charge in [-0.15, -0.1) is 12.6 Å². The molecule has 6 heteroatoms. The van der Waals surface area contributed by atoms with Crippen molar-refractivity contribution in [3.05, 3.63) is 12.2 Å². The van der Waals surface area contributed by atoms with Gasteiger partial charge in [-0.05, 0) is 6.92 Å². The quantitative estimate of drug-likeness (QED) is 0.360. The summed E-state index contributed by atoms with van der Waals surface area (Å²) < 4.78 is 4.28. The molecule has 0 bridgehead atoms. The molecule has 0 amide bonds. The van der Waals surface area contributed by atoms with Crippen molar-refractivity contribution in [2.24, 2.45) is 0 Å². The molecule has 0 fully saturated rings. The third-order valence-electron chi connectivity index (χ3n) is 0.800. The first-order valence-electron chi connectivity index (χ1n) is 3.15. The highest BCUT2D eigenvalue weighted by Gasteiger charge is 2.07. The second-order valence-electron chi connectivity index (χ2n) is 2.01. The molecule has 0 rings (SSSR count). The first-order valence-corrected chi connectivity index (χ1v) is 3.67. The number of methoxy groups -OCH3 is 1. The maximum absolute atomic E-state index is 9.73. The Morgan fingerprint density at radius 2 is 1.77 bits per heavy atom. The molecule has 2 N–H and O–H groups in total. The zero-order valence-corrected chi connectivity index (χ0v) is 8.25. The summed E-state index contributed by atoms with van der Waals surface area (Å²) in [6, 6.07) is 0. The predicted octanol–water partition coefficient (Wildman–Crippen LogP) is 0.620. The van der Waals surface area contributed by atoms with E-state index in [1.807, 2.05) is 0 Å². The molecule has 0 aliphatic rings. The van der Waals surface area contributed by atoms with Gasteiger partial charge in [-0.1, -0.05) is 6.58 Å². The van der Waals surface area contributed by atoms with Crippen molar-refractivity contribution >= 4 is 24.6 Å². The maximum atomic E-state index is 9.73. The van der Waals surface area contributed by atoms with Crippen LogP contribution in [0.4, 0.5) is 0 Å². The Morgan fingerprint density at radius 1 is 1.46 bits per heavy atom. The number of hydrogen-bond acceptors (Lipinski definition) is 4. The number of aliphatic carboxylic acids is 2. The zero-order chi connectivity index (χ0) is 11.0. The number of carboxylic acids is 2. The molecule has 0 saturated carbocycles. The third-order valence-corrected chi connectivity index (χ3v) is 1.23. The Bertz CT molecular complexity index is 189. The largest absolute Gasteiger partial charge is 0.479 e. The normalized spacial score (nSPS) is 10.7. The van der Waals surface area contributed by atoms with E-state index in [-0.39, 0.29) is 5.57 Å². The zero-order valence-electron chi connectivity index (χ0n) is 7.35. The fourth-order valence-corrected chi connectivity index (χ4v) is 0.101. The van der Waals surface area contributed by atoms with Crippen LogP contribution in [0.5, 0.6) is 0 Å². The second kappa shape index (κ2) is 7.63. The Kier molecular flexibility index (Phi) is 8.52. The van der Waals surface area contributed by atoms with Crippen molar-refractivity contribution in [2.75, 3.05) is 7.11 Å². The molecule has 0 heterocycles. The summed E-state index contributed by atoms with van der Waals surface area (Å²) in [7, 11) is 1.28. The molecule has 0 radical (unpaired) electrons. The second-order valence-corrected chi connectivity index (χ2v) is 2.48. The molecular weight excluding hydrogens is 196 g/mol. The molecular formula is C7H12O5S. The van der Waals surface area contributed by atoms with Gasteiger partial charge in [0.05, 0.1) is 0 Å². The Labute approximate surface area is 81.4 Å². The fraction of sp³-hybridized carbons (Fsp3) is 0.429. The summed E-state index contributed by atoms with van der Waals surface area (Å²) in [4.78, 5) is 19.3. The van der Waals surface area contributed by atoms with Crippen LogP contribution >= 0.6 is 12.6 Å². The van der Waals surface area contributed by atoms with Crippen LogP contribution in [0, 0.1) is 0 Å². The van der Waals surface area contributed by atoms with Crippen LogP contribution in [-0.2, 0) is 14.3 Å². The summed E-state index contributed by atoms with van der Waals surface area (Å²) in [6.07, 6.45) is 0. The van der Waals surface area contributed by atoms with Gasteiger partial charge in [-0.3, -0.25) is 0 Å². The van der Waals surface area contributed by atoms with Gasteiger partial charge in [-0.2, -0.15) is 0 Å². The Balaban J connectivity index is 0. The number of hydrogen-bond donors (Lipinski definition) is 3. The molecule has 0 saturated heterocycles. The lowest BCUT2D eigenvalue weighted by Crippen LogP contribution is -2.14. The van der Waals surface area contributed by atoms with E-state index < -0.39 is 17.4 Å². The van der Waals surface area contributed by atoms with E-state index in [1.54, 1.807) is 0 Å². The van der Waals surface area contributed by atoms with E-state index in [4.69, 9.17) is 10.2 Å². The minimum absolute atomic E-state index is 0.176. The van der Waals surface area contributed by atoms with Crippen molar-refractivity contribution < 1.29 is 24.5 Å². The maximum Gasteiger partial charge on any atom is 0.343 e. The van der Waals surface area contributed by atoms with Gasteiger partial charge < -0.3 is 14.9 Å². The highest BCUT2D eigenvalue weighted by molar-refractivity contribution is 7.81. The Hall–Kier alpha value is -1.01. The number of rotatable bonds is 3. The van der Waals surface area contributed by atoms with E-state index in [1.165, 1.54) is 14.0 Å². The summed E-state index contributed by atoms with van der Waals surface area (Å²) in [5.74, 6) is -2.00. The number of thiol groups is 1. The smallest absolute Gasteiger partial charge is 0.343 e. The van der Waals surface area contributed by atoms with Crippen LogP contribution in [0.2, 0.25) is 0 Å². The van der Waals surface area contributed by atoms with Crippen molar-refractivity contribution in [3.63, 3.8) is 0 Å². The van der Waals surface area contributed by atoms with E-state index in [9.17, 15) is 9.59 Å². The lowest BCUT2D eigenvalue weighted by atomic mass is 10.4. The highest BCUT2D eigenvalue weighted by atomic mass is 32.1. The summed E-state index contributed by atoms with van der Waals surface area (Å²) in [5.41, 5.74) is -0.810. The SMILES string of the molecule is C=C(C)C(=O)O.COC(S)C(=O)O. The highest BCUT2D eigenvalue weighted by Crippen LogP contribution is 1.92.